The topological polar surface area (TPSA) is 82.6 Å². The predicted octanol–water partition coefficient (Wildman–Crippen LogP) is 2.87. The first kappa shape index (κ1) is 22.0. The van der Waals surface area contributed by atoms with Crippen LogP contribution in [0.3, 0.4) is 0 Å². The second-order valence-corrected chi connectivity index (χ2v) is 7.18. The van der Waals surface area contributed by atoms with Gasteiger partial charge in [-0.05, 0) is 48.7 Å². The van der Waals surface area contributed by atoms with E-state index in [1.807, 2.05) is 24.0 Å². The second kappa shape index (κ2) is 9.84. The second-order valence-electron chi connectivity index (χ2n) is 7.18. The number of carbonyl (C=O) groups excluding carboxylic acids is 3. The van der Waals surface area contributed by atoms with Crippen LogP contribution in [-0.2, 0) is 20.8 Å². The smallest absolute Gasteiger partial charge is 0.278 e. The van der Waals surface area contributed by atoms with Crippen molar-refractivity contribution in [2.45, 2.75) is 20.3 Å². The maximum Gasteiger partial charge on any atom is 0.278 e. The number of hydrogen-bond donors (Lipinski definition) is 1. The zero-order valence-corrected chi connectivity index (χ0v) is 17.8. The SMILES string of the molecule is C=CCN1C(=O)C(c2ccc(NC(C)=O)cc2)=C(N(CC)CCc2ccncc2)C1=O. The van der Waals surface area contributed by atoms with Gasteiger partial charge in [0.15, 0.2) is 0 Å². The lowest BCUT2D eigenvalue weighted by atomic mass is 10.0. The Labute approximate surface area is 182 Å². The molecule has 2 aromatic rings. The molecule has 1 N–H and O–H groups in total. The molecule has 0 saturated carbocycles. The van der Waals surface area contributed by atoms with Gasteiger partial charge in [0.05, 0.1) is 5.57 Å². The number of carbonyl (C=O) groups is 3. The van der Waals surface area contributed by atoms with E-state index < -0.39 is 0 Å². The lowest BCUT2D eigenvalue weighted by Gasteiger charge is -2.24. The normalized spacial score (nSPS) is 13.5. The molecule has 1 aromatic carbocycles. The van der Waals surface area contributed by atoms with Gasteiger partial charge in [-0.1, -0.05) is 18.2 Å². The molecule has 31 heavy (non-hydrogen) atoms. The van der Waals surface area contributed by atoms with Gasteiger partial charge in [0.2, 0.25) is 5.91 Å². The average molecular weight is 418 g/mol. The monoisotopic (exact) mass is 418 g/mol. The Bertz CT molecular complexity index is 1010. The molecule has 1 aromatic heterocycles. The van der Waals surface area contributed by atoms with Gasteiger partial charge in [0.1, 0.15) is 5.70 Å². The Kier molecular flexibility index (Phi) is 6.97. The molecule has 0 fully saturated rings. The summed E-state index contributed by atoms with van der Waals surface area (Å²) in [6.45, 7) is 8.38. The van der Waals surface area contributed by atoms with Crippen LogP contribution in [0.4, 0.5) is 5.69 Å². The van der Waals surface area contributed by atoms with Gasteiger partial charge in [-0.3, -0.25) is 24.3 Å². The fourth-order valence-corrected chi connectivity index (χ4v) is 3.58. The number of amides is 3. The van der Waals surface area contributed by atoms with E-state index in [0.29, 0.717) is 35.6 Å². The van der Waals surface area contributed by atoms with Crippen LogP contribution >= 0.6 is 0 Å². The quantitative estimate of drug-likeness (QED) is 0.500. The minimum absolute atomic E-state index is 0.149. The maximum atomic E-state index is 13.2. The molecular formula is C24H26N4O3. The Hall–Kier alpha value is -3.74. The first-order valence-corrected chi connectivity index (χ1v) is 10.2. The largest absolute Gasteiger partial charge is 0.366 e. The van der Waals surface area contributed by atoms with E-state index in [1.54, 1.807) is 42.7 Å². The summed E-state index contributed by atoms with van der Waals surface area (Å²) in [5, 5.41) is 2.71. The van der Waals surface area contributed by atoms with E-state index in [-0.39, 0.29) is 24.3 Å². The molecule has 1 aliphatic heterocycles. The van der Waals surface area contributed by atoms with Crippen LogP contribution in [-0.4, -0.2) is 52.1 Å². The Balaban J connectivity index is 1.97. The molecule has 3 rings (SSSR count). The molecule has 7 heteroatoms. The molecule has 0 radical (unpaired) electrons. The van der Waals surface area contributed by atoms with Crippen LogP contribution in [0, 0.1) is 0 Å². The van der Waals surface area contributed by atoms with Crippen molar-refractivity contribution in [3.63, 3.8) is 0 Å². The summed E-state index contributed by atoms with van der Waals surface area (Å²) >= 11 is 0. The molecule has 0 aliphatic carbocycles. The highest BCUT2D eigenvalue weighted by Gasteiger charge is 2.40. The number of pyridine rings is 1. The number of nitrogens with one attached hydrogen (secondary N) is 1. The van der Waals surface area contributed by atoms with Gasteiger partial charge in [0.25, 0.3) is 11.8 Å². The zero-order valence-electron chi connectivity index (χ0n) is 17.8. The van der Waals surface area contributed by atoms with Crippen molar-refractivity contribution in [3.8, 4) is 0 Å². The van der Waals surface area contributed by atoms with E-state index in [0.717, 1.165) is 12.0 Å². The van der Waals surface area contributed by atoms with Crippen molar-refractivity contribution in [2.75, 3.05) is 25.0 Å². The zero-order chi connectivity index (χ0) is 22.4. The number of nitrogens with zero attached hydrogens (tertiary/aromatic N) is 3. The van der Waals surface area contributed by atoms with Crippen LogP contribution in [0.5, 0.6) is 0 Å². The molecule has 0 atom stereocenters. The highest BCUT2D eigenvalue weighted by Crippen LogP contribution is 2.32. The lowest BCUT2D eigenvalue weighted by Crippen LogP contribution is -2.36. The third-order valence-corrected chi connectivity index (χ3v) is 5.07. The van der Waals surface area contributed by atoms with Crippen molar-refractivity contribution in [2.24, 2.45) is 0 Å². The van der Waals surface area contributed by atoms with Gasteiger partial charge in [-0.2, -0.15) is 0 Å². The number of rotatable bonds is 9. The summed E-state index contributed by atoms with van der Waals surface area (Å²) in [4.78, 5) is 44.9. The number of anilines is 1. The van der Waals surface area contributed by atoms with Crippen molar-refractivity contribution in [1.29, 1.82) is 0 Å². The summed E-state index contributed by atoms with van der Waals surface area (Å²) in [5.74, 6) is -0.831. The number of likely N-dealkylation sites (N-methyl/N-ethyl adjacent to an activating group) is 1. The summed E-state index contributed by atoms with van der Waals surface area (Å²) in [6, 6.07) is 10.8. The standard InChI is InChI=1S/C24H26N4O3/c1-4-15-28-23(30)21(19-6-8-20(9-7-19)26-17(3)29)22(24(28)31)27(5-2)16-12-18-10-13-25-14-11-18/h4,6-11,13-14H,1,5,12,15-16H2,2-3H3,(H,26,29). The van der Waals surface area contributed by atoms with Crippen LogP contribution in [0.15, 0.2) is 67.1 Å². The first-order valence-electron chi connectivity index (χ1n) is 10.2. The molecule has 7 nitrogen and oxygen atoms in total. The molecule has 0 spiro atoms. The minimum atomic E-state index is -0.338. The molecule has 0 saturated heterocycles. The van der Waals surface area contributed by atoms with Gasteiger partial charge in [-0.15, -0.1) is 6.58 Å². The average Bonchev–Trinajstić information content (AvgIpc) is 3.00. The van der Waals surface area contributed by atoms with Gasteiger partial charge >= 0.3 is 0 Å². The van der Waals surface area contributed by atoms with Crippen molar-refractivity contribution in [3.05, 3.63) is 78.3 Å². The van der Waals surface area contributed by atoms with E-state index in [9.17, 15) is 14.4 Å². The van der Waals surface area contributed by atoms with Gasteiger partial charge < -0.3 is 10.2 Å². The van der Waals surface area contributed by atoms with Crippen molar-refractivity contribution < 1.29 is 14.4 Å². The molecule has 3 amide bonds. The van der Waals surface area contributed by atoms with Crippen LogP contribution in [0.2, 0.25) is 0 Å². The van der Waals surface area contributed by atoms with E-state index in [1.165, 1.54) is 11.8 Å². The van der Waals surface area contributed by atoms with E-state index in [4.69, 9.17) is 0 Å². The molecule has 0 unspecified atom stereocenters. The predicted molar refractivity (Wildman–Crippen MR) is 120 cm³/mol. The molecule has 2 heterocycles. The summed E-state index contributed by atoms with van der Waals surface area (Å²) in [5.41, 5.74) is 3.14. The van der Waals surface area contributed by atoms with E-state index in [2.05, 4.69) is 16.9 Å². The van der Waals surface area contributed by atoms with Crippen LogP contribution < -0.4 is 5.32 Å². The Morgan fingerprint density at radius 3 is 2.39 bits per heavy atom. The Morgan fingerprint density at radius 1 is 1.13 bits per heavy atom. The van der Waals surface area contributed by atoms with E-state index >= 15 is 0 Å². The third kappa shape index (κ3) is 4.88. The first-order chi connectivity index (χ1) is 15.0. The molecule has 0 bridgehead atoms. The molecule has 1 aliphatic rings. The summed E-state index contributed by atoms with van der Waals surface area (Å²) < 4.78 is 0. The third-order valence-electron chi connectivity index (χ3n) is 5.07. The minimum Gasteiger partial charge on any atom is -0.366 e. The fourth-order valence-electron chi connectivity index (χ4n) is 3.58. The summed E-state index contributed by atoms with van der Waals surface area (Å²) in [6.07, 6.45) is 5.74. The van der Waals surface area contributed by atoms with Crippen LogP contribution in [0.25, 0.3) is 5.57 Å². The highest BCUT2D eigenvalue weighted by atomic mass is 16.2. The fraction of sp³-hybridized carbons (Fsp3) is 0.250. The van der Waals surface area contributed by atoms with Crippen molar-refractivity contribution in [1.82, 2.24) is 14.8 Å². The maximum absolute atomic E-state index is 13.2. The number of aromatic nitrogens is 1. The van der Waals surface area contributed by atoms with Crippen molar-refractivity contribution >= 4 is 29.0 Å². The van der Waals surface area contributed by atoms with Gasteiger partial charge in [-0.25, -0.2) is 0 Å². The lowest BCUT2D eigenvalue weighted by molar-refractivity contribution is -0.136. The number of hydrogen-bond acceptors (Lipinski definition) is 5. The molecule has 160 valence electrons. The van der Waals surface area contributed by atoms with Crippen LogP contribution in [0.1, 0.15) is 25.0 Å². The summed E-state index contributed by atoms with van der Waals surface area (Å²) in [7, 11) is 0. The highest BCUT2D eigenvalue weighted by molar-refractivity contribution is 6.35. The Morgan fingerprint density at radius 2 is 1.81 bits per heavy atom. The number of imide groups is 1. The van der Waals surface area contributed by atoms with Gasteiger partial charge in [0, 0.05) is 44.6 Å². The molecular weight excluding hydrogens is 392 g/mol. The number of benzene rings is 1.